The summed E-state index contributed by atoms with van der Waals surface area (Å²) in [6.45, 7) is 4.39. The maximum Gasteiger partial charge on any atom is 0.654 e. The predicted molar refractivity (Wildman–Crippen MR) is 100 cm³/mol. The van der Waals surface area contributed by atoms with Crippen LogP contribution in [0.2, 0.25) is 0 Å². The van der Waals surface area contributed by atoms with E-state index in [2.05, 4.69) is 38.1 Å². The van der Waals surface area contributed by atoms with Gasteiger partial charge in [-0.25, -0.2) is 0 Å². The summed E-state index contributed by atoms with van der Waals surface area (Å²) in [5.41, 5.74) is 2.45. The maximum atomic E-state index is 11.6. The van der Waals surface area contributed by atoms with Crippen LogP contribution in [0.4, 0.5) is 0 Å². The minimum atomic E-state index is -3.36. The van der Waals surface area contributed by atoms with Gasteiger partial charge in [-0.05, 0) is 36.8 Å². The van der Waals surface area contributed by atoms with E-state index in [0.29, 0.717) is 0 Å². The van der Waals surface area contributed by atoms with Gasteiger partial charge in [0.2, 0.25) is 0 Å². The first-order valence-corrected chi connectivity index (χ1v) is 11.3. The number of unbranched alkanes of at least 4 members (excludes halogenated alkanes) is 5. The van der Waals surface area contributed by atoms with Gasteiger partial charge in [-0.3, -0.25) is 0 Å². The zero-order valence-electron chi connectivity index (χ0n) is 15.7. The van der Waals surface area contributed by atoms with Crippen molar-refractivity contribution < 1.29 is 22.9 Å². The molecule has 1 fully saturated rings. The van der Waals surface area contributed by atoms with E-state index in [0.717, 1.165) is 31.2 Å². The Morgan fingerprint density at radius 3 is 2.23 bits per heavy atom. The summed E-state index contributed by atoms with van der Waals surface area (Å²) in [7, 11) is -3.36. The molecule has 0 spiro atoms. The van der Waals surface area contributed by atoms with Gasteiger partial charge in [0.05, 0.1) is 0 Å². The lowest BCUT2D eigenvalue weighted by Gasteiger charge is -2.18. The summed E-state index contributed by atoms with van der Waals surface area (Å²) in [5, 5.41) is 0. The van der Waals surface area contributed by atoms with Crippen LogP contribution in [0.25, 0.3) is 0 Å². The molecule has 144 valence electrons. The molecule has 1 saturated heterocycles. The molecule has 26 heavy (non-hydrogen) atoms. The fourth-order valence-corrected chi connectivity index (χ4v) is 4.14. The van der Waals surface area contributed by atoms with Crippen LogP contribution in [0.15, 0.2) is 36.2 Å². The summed E-state index contributed by atoms with van der Waals surface area (Å²) in [6.07, 6.45) is 10.4. The largest absolute Gasteiger partial charge is 0.654 e. The highest BCUT2D eigenvalue weighted by Crippen LogP contribution is 2.70. The maximum absolute atomic E-state index is 11.6. The molecular formula is C20H29O5P. The van der Waals surface area contributed by atoms with Gasteiger partial charge < -0.3 is 18.3 Å². The Labute approximate surface area is 156 Å². The Hall–Kier alpha value is -1.61. The van der Waals surface area contributed by atoms with Crippen molar-refractivity contribution in [1.29, 1.82) is 0 Å². The standard InChI is InChI=1S/C20H29O5P/c1-3-5-7-8-9-10-16-12-14-17(15-13-16)18(11-6-4-2)22-19-20-24-26(21,23-19)25-20/h12-15,18H,3-11H2,1-2H3. The number of fused-ring (bicyclic) bond motifs is 1. The van der Waals surface area contributed by atoms with E-state index in [9.17, 15) is 4.57 Å². The van der Waals surface area contributed by atoms with Crippen LogP contribution >= 0.6 is 7.82 Å². The predicted octanol–water partition coefficient (Wildman–Crippen LogP) is 6.76. The molecule has 5 nitrogen and oxygen atoms in total. The van der Waals surface area contributed by atoms with Gasteiger partial charge in [0.1, 0.15) is 6.10 Å². The molecule has 0 N–H and O–H groups in total. The number of rotatable bonds is 12. The van der Waals surface area contributed by atoms with Crippen LogP contribution in [0.3, 0.4) is 0 Å². The number of phosphoric acid groups is 1. The molecule has 1 aromatic carbocycles. The smallest absolute Gasteiger partial charge is 0.452 e. The fraction of sp³-hybridized carbons (Fsp3) is 0.600. The summed E-state index contributed by atoms with van der Waals surface area (Å²) >= 11 is 0. The first-order valence-electron chi connectivity index (χ1n) is 9.82. The van der Waals surface area contributed by atoms with Crippen LogP contribution < -0.4 is 0 Å². The van der Waals surface area contributed by atoms with E-state index in [1.807, 2.05) is 0 Å². The van der Waals surface area contributed by atoms with Gasteiger partial charge >= 0.3 is 19.7 Å². The second-order valence-corrected chi connectivity index (χ2v) is 8.39. The number of aryl methyl sites for hydroxylation is 1. The van der Waals surface area contributed by atoms with Gasteiger partial charge in [-0.15, -0.1) is 0 Å². The molecular weight excluding hydrogens is 351 g/mol. The van der Waals surface area contributed by atoms with E-state index in [-0.39, 0.29) is 18.0 Å². The topological polar surface area (TPSA) is 54.0 Å². The first kappa shape index (κ1) is 19.2. The average molecular weight is 380 g/mol. The molecule has 1 aromatic rings. The quantitative estimate of drug-likeness (QED) is 0.296. The molecule has 1 unspecified atom stereocenters. The lowest BCUT2D eigenvalue weighted by molar-refractivity contribution is 0.0410. The average Bonchev–Trinajstić information content (AvgIpc) is 3.11. The Morgan fingerprint density at radius 1 is 0.923 bits per heavy atom. The number of benzene rings is 1. The molecule has 4 rings (SSSR count). The van der Waals surface area contributed by atoms with Crippen molar-refractivity contribution in [3.05, 3.63) is 47.3 Å². The minimum Gasteiger partial charge on any atom is -0.452 e. The van der Waals surface area contributed by atoms with Gasteiger partial charge in [-0.1, -0.05) is 70.2 Å². The molecule has 0 aliphatic carbocycles. The van der Waals surface area contributed by atoms with E-state index in [1.54, 1.807) is 0 Å². The van der Waals surface area contributed by atoms with Crippen LogP contribution in [0.1, 0.15) is 82.4 Å². The Morgan fingerprint density at radius 2 is 1.62 bits per heavy atom. The van der Waals surface area contributed by atoms with Gasteiger partial charge in [0.15, 0.2) is 0 Å². The third kappa shape index (κ3) is 4.76. The fourth-order valence-electron chi connectivity index (χ4n) is 3.17. The molecule has 0 aromatic heterocycles. The Kier molecular flexibility index (Phi) is 6.53. The minimum absolute atomic E-state index is 0.110. The number of hydrogen-bond donors (Lipinski definition) is 0. The van der Waals surface area contributed by atoms with Crippen LogP contribution in [-0.4, -0.2) is 0 Å². The van der Waals surface area contributed by atoms with E-state index in [1.165, 1.54) is 37.7 Å². The molecule has 0 amide bonds. The first-order chi connectivity index (χ1) is 12.6. The van der Waals surface area contributed by atoms with E-state index in [4.69, 9.17) is 18.3 Å². The Bertz CT molecular complexity index is 655. The van der Waals surface area contributed by atoms with Crippen molar-refractivity contribution in [3.8, 4) is 0 Å². The van der Waals surface area contributed by atoms with Crippen LogP contribution in [-0.2, 0) is 29.3 Å². The SMILES string of the molecule is CCCCCCCc1ccc(C(CCCC)OC2=C3OP(=O)(O2)O3)cc1. The van der Waals surface area contributed by atoms with Crippen molar-refractivity contribution in [2.24, 2.45) is 0 Å². The van der Waals surface area contributed by atoms with Crippen molar-refractivity contribution in [3.63, 3.8) is 0 Å². The molecule has 6 heteroatoms. The van der Waals surface area contributed by atoms with Crippen molar-refractivity contribution >= 4 is 7.82 Å². The normalized spacial score (nSPS) is 17.8. The monoisotopic (exact) mass is 380 g/mol. The zero-order chi connectivity index (χ0) is 18.4. The summed E-state index contributed by atoms with van der Waals surface area (Å²) in [6, 6.07) is 8.60. The number of hydrogen-bond acceptors (Lipinski definition) is 5. The van der Waals surface area contributed by atoms with Crippen LogP contribution in [0.5, 0.6) is 0 Å². The summed E-state index contributed by atoms with van der Waals surface area (Å²) in [4.78, 5) is 0. The number of ether oxygens (including phenoxy) is 1. The van der Waals surface area contributed by atoms with E-state index < -0.39 is 7.82 Å². The molecule has 1 atom stereocenters. The van der Waals surface area contributed by atoms with Crippen LogP contribution in [0, 0.1) is 0 Å². The third-order valence-corrected chi connectivity index (χ3v) is 5.91. The molecule has 3 heterocycles. The Balaban J connectivity index is 1.56. The highest BCUT2D eigenvalue weighted by atomic mass is 31.2. The van der Waals surface area contributed by atoms with E-state index >= 15 is 0 Å². The molecule has 3 aliphatic rings. The second-order valence-electron chi connectivity index (χ2n) is 6.95. The molecule has 0 radical (unpaired) electrons. The summed E-state index contributed by atoms with van der Waals surface area (Å²) in [5.74, 6) is 0.230. The van der Waals surface area contributed by atoms with Gasteiger partial charge in [-0.2, -0.15) is 4.57 Å². The molecule has 0 saturated carbocycles. The molecule has 2 bridgehead atoms. The lowest BCUT2D eigenvalue weighted by Crippen LogP contribution is -2.05. The molecule has 3 aliphatic heterocycles. The van der Waals surface area contributed by atoms with Crippen molar-refractivity contribution in [2.75, 3.05) is 0 Å². The lowest BCUT2D eigenvalue weighted by atomic mass is 10.00. The van der Waals surface area contributed by atoms with Gasteiger partial charge in [0.25, 0.3) is 0 Å². The highest BCUT2D eigenvalue weighted by molar-refractivity contribution is 7.50. The summed E-state index contributed by atoms with van der Waals surface area (Å²) < 4.78 is 32.6. The van der Waals surface area contributed by atoms with Crippen molar-refractivity contribution in [2.45, 2.75) is 77.7 Å². The van der Waals surface area contributed by atoms with Gasteiger partial charge in [0, 0.05) is 0 Å². The second kappa shape index (κ2) is 8.85. The van der Waals surface area contributed by atoms with Crippen molar-refractivity contribution in [1.82, 2.24) is 0 Å². The highest BCUT2D eigenvalue weighted by Gasteiger charge is 2.58. The third-order valence-electron chi connectivity index (χ3n) is 4.74. The zero-order valence-corrected chi connectivity index (χ0v) is 16.6. The number of phosphoric ester groups is 1.